The molecule has 0 radical (unpaired) electrons. The molecule has 18 heavy (non-hydrogen) atoms. The zero-order valence-corrected chi connectivity index (χ0v) is 10.8. The predicted molar refractivity (Wildman–Crippen MR) is 66.0 cm³/mol. The molecule has 0 unspecified atom stereocenters. The van der Waals surface area contributed by atoms with E-state index >= 15 is 0 Å². The summed E-state index contributed by atoms with van der Waals surface area (Å²) in [5.41, 5.74) is -0.447. The Morgan fingerprint density at radius 2 is 2.11 bits per heavy atom. The van der Waals surface area contributed by atoms with Crippen LogP contribution in [0.3, 0.4) is 0 Å². The van der Waals surface area contributed by atoms with Gasteiger partial charge >= 0.3 is 0 Å². The molecule has 0 atom stereocenters. The Morgan fingerprint density at radius 1 is 1.39 bits per heavy atom. The molecule has 2 aliphatic heterocycles. The maximum absolute atomic E-state index is 12.6. The van der Waals surface area contributed by atoms with Crippen molar-refractivity contribution in [2.45, 2.75) is 12.8 Å². The van der Waals surface area contributed by atoms with Gasteiger partial charge in [-0.05, 0) is 25.9 Å². The second-order valence-electron chi connectivity index (χ2n) is 5.04. The Balaban J connectivity index is 2.09. The number of nitrogens with one attached hydrogen (secondary N) is 2. The Morgan fingerprint density at radius 3 is 2.72 bits per heavy atom. The summed E-state index contributed by atoms with van der Waals surface area (Å²) in [6.45, 7) is 3.42. The smallest absolute Gasteiger partial charge is 0.239 e. The molecule has 102 valence electrons. The number of piperazine rings is 1. The van der Waals surface area contributed by atoms with Crippen LogP contribution in [0.15, 0.2) is 0 Å². The van der Waals surface area contributed by atoms with E-state index in [9.17, 15) is 9.59 Å². The van der Waals surface area contributed by atoms with E-state index in [1.807, 2.05) is 0 Å². The topological polar surface area (TPSA) is 70.7 Å². The van der Waals surface area contributed by atoms with Gasteiger partial charge in [-0.25, -0.2) is 0 Å². The van der Waals surface area contributed by atoms with Crippen LogP contribution in [0, 0.1) is 5.41 Å². The van der Waals surface area contributed by atoms with E-state index in [1.165, 1.54) is 0 Å². The highest BCUT2D eigenvalue weighted by Crippen LogP contribution is 2.31. The highest BCUT2D eigenvalue weighted by Gasteiger charge is 2.43. The molecule has 0 aliphatic carbocycles. The molecule has 2 amide bonds. The van der Waals surface area contributed by atoms with Crippen LogP contribution in [0.4, 0.5) is 0 Å². The van der Waals surface area contributed by atoms with Crippen molar-refractivity contribution in [3.05, 3.63) is 0 Å². The van der Waals surface area contributed by atoms with Crippen LogP contribution in [0.2, 0.25) is 0 Å². The number of nitrogens with zero attached hydrogens (tertiary/aromatic N) is 1. The lowest BCUT2D eigenvalue weighted by molar-refractivity contribution is -0.151. The average Bonchev–Trinajstić information content (AvgIpc) is 2.39. The van der Waals surface area contributed by atoms with Crippen molar-refractivity contribution in [1.29, 1.82) is 0 Å². The molecule has 0 aromatic rings. The van der Waals surface area contributed by atoms with Gasteiger partial charge in [0.15, 0.2) is 0 Å². The number of methoxy groups -OCH3 is 1. The van der Waals surface area contributed by atoms with Gasteiger partial charge in [0.2, 0.25) is 11.8 Å². The lowest BCUT2D eigenvalue weighted by Gasteiger charge is -2.40. The minimum Gasteiger partial charge on any atom is -0.384 e. The Kier molecular flexibility index (Phi) is 4.19. The van der Waals surface area contributed by atoms with Crippen molar-refractivity contribution in [1.82, 2.24) is 15.5 Å². The largest absolute Gasteiger partial charge is 0.384 e. The number of carbonyl (C=O) groups excluding carboxylic acids is 2. The Bertz CT molecular complexity index is 321. The van der Waals surface area contributed by atoms with Gasteiger partial charge < -0.3 is 20.3 Å². The fourth-order valence-electron chi connectivity index (χ4n) is 2.75. The van der Waals surface area contributed by atoms with Crippen molar-refractivity contribution in [3.8, 4) is 0 Å². The first-order chi connectivity index (χ1) is 8.68. The third-order valence-electron chi connectivity index (χ3n) is 3.76. The fourth-order valence-corrected chi connectivity index (χ4v) is 2.75. The number of piperidine rings is 1. The number of rotatable bonds is 3. The first kappa shape index (κ1) is 13.3. The average molecular weight is 255 g/mol. The first-order valence-electron chi connectivity index (χ1n) is 6.44. The van der Waals surface area contributed by atoms with E-state index in [1.54, 1.807) is 12.0 Å². The van der Waals surface area contributed by atoms with Crippen LogP contribution in [-0.4, -0.2) is 63.2 Å². The summed E-state index contributed by atoms with van der Waals surface area (Å²) in [5.74, 6) is -0.00296. The zero-order valence-electron chi connectivity index (χ0n) is 10.8. The molecule has 0 saturated carbocycles. The van der Waals surface area contributed by atoms with Gasteiger partial charge in [0.1, 0.15) is 0 Å². The summed E-state index contributed by atoms with van der Waals surface area (Å²) >= 11 is 0. The van der Waals surface area contributed by atoms with Gasteiger partial charge in [0.05, 0.1) is 18.6 Å². The van der Waals surface area contributed by atoms with Crippen LogP contribution in [-0.2, 0) is 14.3 Å². The van der Waals surface area contributed by atoms with Crippen LogP contribution in [0.1, 0.15) is 12.8 Å². The lowest BCUT2D eigenvalue weighted by Crippen LogP contribution is -2.57. The van der Waals surface area contributed by atoms with Gasteiger partial charge in [-0.2, -0.15) is 0 Å². The summed E-state index contributed by atoms with van der Waals surface area (Å²) in [6, 6.07) is 0. The molecule has 0 spiro atoms. The molecule has 2 aliphatic rings. The summed E-state index contributed by atoms with van der Waals surface area (Å²) in [4.78, 5) is 25.7. The van der Waals surface area contributed by atoms with E-state index in [0.717, 1.165) is 25.9 Å². The van der Waals surface area contributed by atoms with E-state index in [-0.39, 0.29) is 18.4 Å². The molecule has 2 N–H and O–H groups in total. The van der Waals surface area contributed by atoms with Crippen molar-refractivity contribution >= 4 is 11.8 Å². The van der Waals surface area contributed by atoms with Crippen LogP contribution < -0.4 is 10.6 Å². The highest BCUT2D eigenvalue weighted by molar-refractivity contribution is 5.89. The monoisotopic (exact) mass is 255 g/mol. The van der Waals surface area contributed by atoms with Crippen LogP contribution in [0.25, 0.3) is 0 Å². The molecular weight excluding hydrogens is 234 g/mol. The van der Waals surface area contributed by atoms with Gasteiger partial charge in [-0.3, -0.25) is 9.59 Å². The maximum atomic E-state index is 12.6. The second-order valence-corrected chi connectivity index (χ2v) is 5.04. The number of hydrogen-bond acceptors (Lipinski definition) is 4. The number of hydrogen-bond donors (Lipinski definition) is 2. The first-order valence-corrected chi connectivity index (χ1v) is 6.44. The van der Waals surface area contributed by atoms with Crippen molar-refractivity contribution < 1.29 is 14.3 Å². The van der Waals surface area contributed by atoms with Gasteiger partial charge in [-0.15, -0.1) is 0 Å². The molecule has 6 nitrogen and oxygen atoms in total. The fraction of sp³-hybridized carbons (Fsp3) is 0.833. The van der Waals surface area contributed by atoms with E-state index in [4.69, 9.17) is 4.74 Å². The Hall–Kier alpha value is -1.14. The SMILES string of the molecule is COCC1(C(=O)N2CCNC(=O)C2)CCNCC1. The van der Waals surface area contributed by atoms with Crippen LogP contribution >= 0.6 is 0 Å². The van der Waals surface area contributed by atoms with Crippen molar-refractivity contribution in [2.75, 3.05) is 46.4 Å². The van der Waals surface area contributed by atoms with Gasteiger partial charge in [0, 0.05) is 20.2 Å². The summed E-state index contributed by atoms with van der Waals surface area (Å²) in [5, 5.41) is 6.00. The molecule has 2 fully saturated rings. The number of amides is 2. The van der Waals surface area contributed by atoms with E-state index < -0.39 is 5.41 Å². The van der Waals surface area contributed by atoms with Gasteiger partial charge in [-0.1, -0.05) is 0 Å². The Labute approximate surface area is 107 Å². The van der Waals surface area contributed by atoms with Crippen molar-refractivity contribution in [3.63, 3.8) is 0 Å². The lowest BCUT2D eigenvalue weighted by atomic mass is 9.78. The second kappa shape index (κ2) is 5.67. The zero-order chi connectivity index (χ0) is 13.0. The minimum absolute atomic E-state index is 0.0701. The third-order valence-corrected chi connectivity index (χ3v) is 3.76. The molecule has 0 aromatic carbocycles. The third kappa shape index (κ3) is 2.64. The number of ether oxygens (including phenoxy) is 1. The standard InChI is InChI=1S/C12H21N3O3/c1-18-9-12(2-4-13-5-3-12)11(17)15-7-6-14-10(16)8-15/h13H,2-9H2,1H3,(H,14,16). The van der Waals surface area contributed by atoms with Gasteiger partial charge in [0.25, 0.3) is 0 Å². The summed E-state index contributed by atoms with van der Waals surface area (Å²) < 4.78 is 5.25. The summed E-state index contributed by atoms with van der Waals surface area (Å²) in [7, 11) is 1.62. The highest BCUT2D eigenvalue weighted by atomic mass is 16.5. The van der Waals surface area contributed by atoms with Crippen LogP contribution in [0.5, 0.6) is 0 Å². The van der Waals surface area contributed by atoms with E-state index in [2.05, 4.69) is 10.6 Å². The molecule has 2 heterocycles. The summed E-state index contributed by atoms with van der Waals surface area (Å²) in [6.07, 6.45) is 1.55. The molecular formula is C12H21N3O3. The molecule has 0 bridgehead atoms. The maximum Gasteiger partial charge on any atom is 0.239 e. The molecule has 6 heteroatoms. The van der Waals surface area contributed by atoms with Crippen molar-refractivity contribution in [2.24, 2.45) is 5.41 Å². The number of carbonyl (C=O) groups is 2. The molecule has 2 saturated heterocycles. The predicted octanol–water partition coefficient (Wildman–Crippen LogP) is -1.04. The normalized spacial score (nSPS) is 23.6. The quantitative estimate of drug-likeness (QED) is 0.676. The molecule has 0 aromatic heterocycles. The van der Waals surface area contributed by atoms with E-state index in [0.29, 0.717) is 19.7 Å². The minimum atomic E-state index is -0.447. The molecule has 2 rings (SSSR count).